The van der Waals surface area contributed by atoms with Gasteiger partial charge in [0.15, 0.2) is 6.61 Å². The largest absolute Gasteiger partial charge is 0.484 e. The smallest absolute Gasteiger partial charge is 0.387 e. The van der Waals surface area contributed by atoms with E-state index in [0.717, 1.165) is 16.5 Å². The second-order valence-corrected chi connectivity index (χ2v) is 6.19. The van der Waals surface area contributed by atoms with Gasteiger partial charge in [-0.2, -0.15) is 8.78 Å². The van der Waals surface area contributed by atoms with Crippen LogP contribution in [0.4, 0.5) is 8.78 Å². The number of nitrogens with one attached hydrogen (secondary N) is 1. The summed E-state index contributed by atoms with van der Waals surface area (Å²) in [6.45, 7) is -0.948. The van der Waals surface area contributed by atoms with Crippen molar-refractivity contribution >= 4 is 16.9 Å². The van der Waals surface area contributed by atoms with Crippen LogP contribution in [0.1, 0.15) is 18.1 Å². The minimum Gasteiger partial charge on any atom is -0.484 e. The average molecular weight is 403 g/mol. The van der Waals surface area contributed by atoms with Gasteiger partial charge in [-0.3, -0.25) is 4.79 Å². The van der Waals surface area contributed by atoms with E-state index < -0.39 is 12.2 Å². The van der Waals surface area contributed by atoms with Crippen molar-refractivity contribution in [3.05, 3.63) is 70.1 Å². The van der Waals surface area contributed by atoms with E-state index in [1.807, 2.05) is 6.92 Å². The van der Waals surface area contributed by atoms with Crippen LogP contribution < -0.4 is 20.4 Å². The molecule has 3 aromatic rings. The minimum absolute atomic E-state index is 0.0487. The summed E-state index contributed by atoms with van der Waals surface area (Å²) in [4.78, 5) is 23.6. The Morgan fingerprint density at radius 3 is 2.52 bits per heavy atom. The molecule has 0 atom stereocenters. The molecule has 8 heteroatoms. The second-order valence-electron chi connectivity index (χ2n) is 6.19. The van der Waals surface area contributed by atoms with Crippen molar-refractivity contribution in [1.29, 1.82) is 0 Å². The first-order chi connectivity index (χ1) is 13.9. The lowest BCUT2D eigenvalue weighted by Gasteiger charge is -2.09. The fourth-order valence-electron chi connectivity index (χ4n) is 2.78. The molecule has 0 fully saturated rings. The van der Waals surface area contributed by atoms with E-state index in [1.165, 1.54) is 18.2 Å². The molecule has 0 aliphatic rings. The lowest BCUT2D eigenvalue weighted by atomic mass is 10.1. The van der Waals surface area contributed by atoms with Crippen LogP contribution in [0.3, 0.4) is 0 Å². The zero-order chi connectivity index (χ0) is 20.8. The van der Waals surface area contributed by atoms with E-state index in [2.05, 4.69) is 10.1 Å². The predicted molar refractivity (Wildman–Crippen MR) is 102 cm³/mol. The molecule has 2 aromatic carbocycles. The molecule has 0 spiro atoms. The number of ether oxygens (including phenoxy) is 2. The van der Waals surface area contributed by atoms with Gasteiger partial charge in [0.1, 0.15) is 17.1 Å². The molecule has 0 aliphatic heterocycles. The van der Waals surface area contributed by atoms with E-state index in [-0.39, 0.29) is 24.8 Å². The molecule has 6 nitrogen and oxygen atoms in total. The third-order valence-electron chi connectivity index (χ3n) is 4.19. The van der Waals surface area contributed by atoms with Gasteiger partial charge >= 0.3 is 12.2 Å². The van der Waals surface area contributed by atoms with Crippen molar-refractivity contribution in [2.24, 2.45) is 0 Å². The topological polar surface area (TPSA) is 77.8 Å². The van der Waals surface area contributed by atoms with Crippen molar-refractivity contribution in [2.75, 3.05) is 6.61 Å². The Hall–Kier alpha value is -3.42. The summed E-state index contributed by atoms with van der Waals surface area (Å²) in [5.41, 5.74) is 1.57. The fourth-order valence-corrected chi connectivity index (χ4v) is 2.78. The standard InChI is InChI=1S/C21H19F2NO5/c1-2-14-9-20(26)29-18-10-16(7-8-17(14)18)27-12-19(25)24-11-13-3-5-15(6-4-13)28-21(22)23/h3-10,21H,2,11-12H2,1H3,(H,24,25). The first-order valence-corrected chi connectivity index (χ1v) is 8.94. The number of halogens is 2. The van der Waals surface area contributed by atoms with Gasteiger partial charge in [0.25, 0.3) is 5.91 Å². The van der Waals surface area contributed by atoms with E-state index in [9.17, 15) is 18.4 Å². The number of carbonyl (C=O) groups excluding carboxylic acids is 1. The third kappa shape index (κ3) is 5.54. The first-order valence-electron chi connectivity index (χ1n) is 8.94. The first kappa shape index (κ1) is 20.3. The average Bonchev–Trinajstić information content (AvgIpc) is 2.70. The maximum atomic E-state index is 12.1. The highest BCUT2D eigenvalue weighted by Gasteiger charge is 2.08. The van der Waals surface area contributed by atoms with Gasteiger partial charge in [-0.25, -0.2) is 4.79 Å². The van der Waals surface area contributed by atoms with Crippen LogP contribution >= 0.6 is 0 Å². The third-order valence-corrected chi connectivity index (χ3v) is 4.19. The lowest BCUT2D eigenvalue weighted by molar-refractivity contribution is -0.123. The highest BCUT2D eigenvalue weighted by atomic mass is 19.3. The zero-order valence-corrected chi connectivity index (χ0v) is 15.6. The number of carbonyl (C=O) groups is 1. The van der Waals surface area contributed by atoms with Crippen molar-refractivity contribution in [2.45, 2.75) is 26.5 Å². The fraction of sp³-hybridized carbons (Fsp3) is 0.238. The summed E-state index contributed by atoms with van der Waals surface area (Å²) in [7, 11) is 0. The lowest BCUT2D eigenvalue weighted by Crippen LogP contribution is -2.28. The molecule has 3 rings (SSSR count). The van der Waals surface area contributed by atoms with Gasteiger partial charge in [-0.05, 0) is 41.8 Å². The van der Waals surface area contributed by atoms with Gasteiger partial charge in [0.2, 0.25) is 0 Å². The minimum atomic E-state index is -2.88. The molecule has 29 heavy (non-hydrogen) atoms. The molecule has 0 saturated heterocycles. The molecule has 1 heterocycles. The number of hydrogen-bond donors (Lipinski definition) is 1. The number of benzene rings is 2. The number of hydrogen-bond acceptors (Lipinski definition) is 5. The molecule has 0 saturated carbocycles. The van der Waals surface area contributed by atoms with Gasteiger partial charge < -0.3 is 19.2 Å². The normalized spacial score (nSPS) is 10.9. The predicted octanol–water partition coefficient (Wildman–Crippen LogP) is 3.65. The van der Waals surface area contributed by atoms with E-state index in [0.29, 0.717) is 17.8 Å². The summed E-state index contributed by atoms with van der Waals surface area (Å²) < 4.78 is 39.2. The van der Waals surface area contributed by atoms with Crippen LogP contribution in [-0.2, 0) is 17.8 Å². The number of rotatable bonds is 8. The molecule has 0 radical (unpaired) electrons. The summed E-state index contributed by atoms with van der Waals surface area (Å²) in [5.74, 6) is 0.0897. The Morgan fingerprint density at radius 1 is 1.10 bits per heavy atom. The van der Waals surface area contributed by atoms with Crippen molar-refractivity contribution in [3.8, 4) is 11.5 Å². The number of amides is 1. The van der Waals surface area contributed by atoms with Crippen LogP contribution in [-0.4, -0.2) is 19.1 Å². The molecule has 0 bridgehead atoms. The van der Waals surface area contributed by atoms with Gasteiger partial charge in [-0.15, -0.1) is 0 Å². The van der Waals surface area contributed by atoms with E-state index in [1.54, 1.807) is 30.3 Å². The summed E-state index contributed by atoms with van der Waals surface area (Å²) in [6, 6.07) is 12.5. The molecule has 1 aromatic heterocycles. The highest BCUT2D eigenvalue weighted by molar-refractivity contribution is 5.82. The maximum Gasteiger partial charge on any atom is 0.387 e. The number of aryl methyl sites for hydroxylation is 1. The van der Waals surface area contributed by atoms with Gasteiger partial charge in [-0.1, -0.05) is 19.1 Å². The highest BCUT2D eigenvalue weighted by Crippen LogP contribution is 2.23. The van der Waals surface area contributed by atoms with Crippen LogP contribution in [0.2, 0.25) is 0 Å². The summed E-state index contributed by atoms with van der Waals surface area (Å²) in [6.07, 6.45) is 0.694. The summed E-state index contributed by atoms with van der Waals surface area (Å²) in [5, 5.41) is 3.49. The molecular formula is C21H19F2NO5. The molecular weight excluding hydrogens is 384 g/mol. The molecule has 1 N–H and O–H groups in total. The Balaban J connectivity index is 1.54. The monoisotopic (exact) mass is 403 g/mol. The molecule has 0 aliphatic carbocycles. The van der Waals surface area contributed by atoms with Gasteiger partial charge in [0.05, 0.1) is 0 Å². The van der Waals surface area contributed by atoms with Crippen molar-refractivity contribution in [1.82, 2.24) is 5.32 Å². The Labute approximate surface area is 165 Å². The van der Waals surface area contributed by atoms with Crippen LogP contribution in [0.25, 0.3) is 11.0 Å². The summed E-state index contributed by atoms with van der Waals surface area (Å²) >= 11 is 0. The van der Waals surface area contributed by atoms with Crippen LogP contribution in [0.15, 0.2) is 57.7 Å². The Kier molecular flexibility index (Phi) is 6.43. The van der Waals surface area contributed by atoms with Crippen molar-refractivity contribution < 1.29 is 27.5 Å². The zero-order valence-electron chi connectivity index (χ0n) is 15.6. The molecule has 1 amide bonds. The molecule has 0 unspecified atom stereocenters. The van der Waals surface area contributed by atoms with Gasteiger partial charge in [0, 0.05) is 24.1 Å². The Bertz CT molecular complexity index is 1050. The number of alkyl halides is 2. The maximum absolute atomic E-state index is 12.1. The van der Waals surface area contributed by atoms with E-state index >= 15 is 0 Å². The number of fused-ring (bicyclic) bond motifs is 1. The van der Waals surface area contributed by atoms with Crippen molar-refractivity contribution in [3.63, 3.8) is 0 Å². The molecule has 152 valence electrons. The second kappa shape index (κ2) is 9.18. The SMILES string of the molecule is CCc1cc(=O)oc2cc(OCC(=O)NCc3ccc(OC(F)F)cc3)ccc12. The Morgan fingerprint density at radius 2 is 1.83 bits per heavy atom. The van der Waals surface area contributed by atoms with E-state index in [4.69, 9.17) is 9.15 Å². The quantitative estimate of drug-likeness (QED) is 0.581. The van der Waals surface area contributed by atoms with Crippen LogP contribution in [0, 0.1) is 0 Å². The van der Waals surface area contributed by atoms with Crippen LogP contribution in [0.5, 0.6) is 11.5 Å².